The molecule has 0 saturated heterocycles. The normalized spacial score (nSPS) is 11.7. The van der Waals surface area contributed by atoms with Gasteiger partial charge in [0.15, 0.2) is 5.88 Å². The molecule has 2 rings (SSSR count). The van der Waals surface area contributed by atoms with Crippen molar-refractivity contribution < 1.29 is 22.7 Å². The summed E-state index contributed by atoms with van der Waals surface area (Å²) in [6, 6.07) is 1.53. The molecule has 0 unspecified atom stereocenters. The lowest BCUT2D eigenvalue weighted by molar-refractivity contribution is -0.139. The van der Waals surface area contributed by atoms with E-state index in [4.69, 9.17) is 10.5 Å². The summed E-state index contributed by atoms with van der Waals surface area (Å²) >= 11 is 0. The molecule has 3 N–H and O–H groups in total. The van der Waals surface area contributed by atoms with Crippen LogP contribution in [-0.4, -0.2) is 28.7 Å². The number of aromatic amines is 1. The Morgan fingerprint density at radius 2 is 2.16 bits per heavy atom. The Hall–Kier alpha value is -2.25. The van der Waals surface area contributed by atoms with Gasteiger partial charge in [-0.2, -0.15) is 13.2 Å². The first-order valence-corrected chi connectivity index (χ1v) is 5.34. The van der Waals surface area contributed by atoms with Crippen LogP contribution in [0.5, 0.6) is 5.88 Å². The molecule has 8 heteroatoms. The minimum atomic E-state index is -4.28. The summed E-state index contributed by atoms with van der Waals surface area (Å²) in [4.78, 5) is 17.6. The summed E-state index contributed by atoms with van der Waals surface area (Å²) in [7, 11) is 0. The van der Waals surface area contributed by atoms with Gasteiger partial charge in [0.05, 0.1) is 13.0 Å². The van der Waals surface area contributed by atoms with Crippen LogP contribution in [-0.2, 0) is 0 Å². The molecule has 0 radical (unpaired) electrons. The highest BCUT2D eigenvalue weighted by Gasteiger charge is 2.27. The van der Waals surface area contributed by atoms with E-state index in [1.54, 1.807) is 0 Å². The van der Waals surface area contributed by atoms with Gasteiger partial charge in [0.25, 0.3) is 5.91 Å². The zero-order chi connectivity index (χ0) is 14.0. The highest BCUT2D eigenvalue weighted by Crippen LogP contribution is 2.27. The van der Waals surface area contributed by atoms with Crippen molar-refractivity contribution in [2.24, 2.45) is 5.73 Å². The van der Waals surface area contributed by atoms with Crippen LogP contribution in [0, 0.1) is 0 Å². The number of carbonyl (C=O) groups excluding carboxylic acids is 1. The lowest BCUT2D eigenvalue weighted by Gasteiger charge is -2.07. The first-order valence-electron chi connectivity index (χ1n) is 5.34. The number of nitrogens with two attached hydrogens (primary N) is 1. The molecule has 2 aromatic heterocycles. The molecule has 2 heterocycles. The topological polar surface area (TPSA) is 81.0 Å². The Labute approximate surface area is 105 Å². The Kier molecular flexibility index (Phi) is 3.32. The zero-order valence-electron chi connectivity index (χ0n) is 9.62. The predicted octanol–water partition coefficient (Wildman–Crippen LogP) is 1.99. The third-order valence-electron chi connectivity index (χ3n) is 2.45. The van der Waals surface area contributed by atoms with Crippen LogP contribution in [0.25, 0.3) is 10.8 Å². The van der Waals surface area contributed by atoms with Crippen LogP contribution in [0.1, 0.15) is 16.9 Å². The average Bonchev–Trinajstić information content (AvgIpc) is 2.70. The number of hydrogen-bond donors (Lipinski definition) is 2. The van der Waals surface area contributed by atoms with Gasteiger partial charge >= 0.3 is 6.18 Å². The molecule has 0 saturated carbocycles. The molecule has 2 aromatic rings. The van der Waals surface area contributed by atoms with Gasteiger partial charge in [-0.25, -0.2) is 0 Å². The van der Waals surface area contributed by atoms with E-state index >= 15 is 0 Å². The van der Waals surface area contributed by atoms with Gasteiger partial charge < -0.3 is 15.5 Å². The van der Waals surface area contributed by atoms with Crippen LogP contribution in [0.3, 0.4) is 0 Å². The first-order chi connectivity index (χ1) is 8.88. The lowest BCUT2D eigenvalue weighted by Crippen LogP contribution is -2.13. The Balaban J connectivity index is 2.22. The van der Waals surface area contributed by atoms with Crippen molar-refractivity contribution in [1.82, 2.24) is 9.97 Å². The standard InChI is InChI=1S/C11H10F3N3O2/c12-11(13,14)2-4-19-10-6-1-3-16-8(9(15)18)7(6)5-17-10/h1,3,5,17H,2,4H2,(H2,15,18). The number of amides is 1. The maximum atomic E-state index is 12.0. The van der Waals surface area contributed by atoms with E-state index in [0.717, 1.165) is 0 Å². The van der Waals surface area contributed by atoms with Gasteiger partial charge in [-0.3, -0.25) is 9.78 Å². The van der Waals surface area contributed by atoms with Crippen LogP contribution >= 0.6 is 0 Å². The molecule has 102 valence electrons. The summed E-state index contributed by atoms with van der Waals surface area (Å²) in [5.41, 5.74) is 5.18. The fourth-order valence-electron chi connectivity index (χ4n) is 1.62. The number of fused-ring (bicyclic) bond motifs is 1. The van der Waals surface area contributed by atoms with Crippen molar-refractivity contribution in [2.45, 2.75) is 12.6 Å². The minimum Gasteiger partial charge on any atom is -0.478 e. The van der Waals surface area contributed by atoms with E-state index in [0.29, 0.717) is 10.8 Å². The van der Waals surface area contributed by atoms with E-state index in [1.807, 2.05) is 0 Å². The maximum Gasteiger partial charge on any atom is 0.392 e. The van der Waals surface area contributed by atoms with Gasteiger partial charge in [-0.15, -0.1) is 0 Å². The van der Waals surface area contributed by atoms with Gasteiger partial charge in [-0.05, 0) is 6.07 Å². The number of primary amides is 1. The molecule has 0 aromatic carbocycles. The number of carbonyl (C=O) groups is 1. The largest absolute Gasteiger partial charge is 0.478 e. The molecule has 0 aliphatic heterocycles. The fraction of sp³-hybridized carbons (Fsp3) is 0.273. The highest BCUT2D eigenvalue weighted by atomic mass is 19.4. The molecule has 0 aliphatic rings. The zero-order valence-corrected chi connectivity index (χ0v) is 9.62. The molecule has 0 aliphatic carbocycles. The average molecular weight is 273 g/mol. The second-order valence-corrected chi connectivity index (χ2v) is 3.82. The number of rotatable bonds is 4. The number of pyridine rings is 1. The Morgan fingerprint density at radius 1 is 1.42 bits per heavy atom. The third kappa shape index (κ3) is 2.95. The highest BCUT2D eigenvalue weighted by molar-refractivity contribution is 6.05. The van der Waals surface area contributed by atoms with Gasteiger partial charge in [0, 0.05) is 23.2 Å². The van der Waals surface area contributed by atoms with Crippen molar-refractivity contribution in [1.29, 1.82) is 0 Å². The number of aromatic nitrogens is 2. The number of hydrogen-bond acceptors (Lipinski definition) is 3. The van der Waals surface area contributed by atoms with Crippen LogP contribution in [0.15, 0.2) is 18.5 Å². The summed E-state index contributed by atoms with van der Waals surface area (Å²) in [5, 5.41) is 0.878. The van der Waals surface area contributed by atoms with Crippen molar-refractivity contribution in [2.75, 3.05) is 6.61 Å². The van der Waals surface area contributed by atoms with E-state index in [-0.39, 0.29) is 11.6 Å². The summed E-state index contributed by atoms with van der Waals surface area (Å²) in [5.74, 6) is -0.560. The second-order valence-electron chi connectivity index (χ2n) is 3.82. The lowest BCUT2D eigenvalue weighted by atomic mass is 10.2. The Morgan fingerprint density at radius 3 is 2.79 bits per heavy atom. The van der Waals surface area contributed by atoms with Crippen LogP contribution < -0.4 is 10.5 Å². The minimum absolute atomic E-state index is 0.0411. The van der Waals surface area contributed by atoms with Crippen molar-refractivity contribution in [3.05, 3.63) is 24.2 Å². The molecule has 0 fully saturated rings. The van der Waals surface area contributed by atoms with Crippen LogP contribution in [0.2, 0.25) is 0 Å². The first kappa shape index (κ1) is 13.2. The van der Waals surface area contributed by atoms with Gasteiger partial charge in [-0.1, -0.05) is 0 Å². The quantitative estimate of drug-likeness (QED) is 0.893. The van der Waals surface area contributed by atoms with Crippen LogP contribution in [0.4, 0.5) is 13.2 Å². The molecule has 0 atom stereocenters. The number of halogens is 3. The molecular formula is C11H10F3N3O2. The fourth-order valence-corrected chi connectivity index (χ4v) is 1.62. The van der Waals surface area contributed by atoms with Crippen molar-refractivity contribution >= 4 is 16.7 Å². The number of nitrogens with zero attached hydrogens (tertiary/aromatic N) is 1. The number of H-pyrrole nitrogens is 1. The summed E-state index contributed by atoms with van der Waals surface area (Å²) in [6.45, 7) is -0.507. The van der Waals surface area contributed by atoms with E-state index < -0.39 is 25.1 Å². The molecule has 0 spiro atoms. The number of nitrogens with one attached hydrogen (secondary N) is 1. The SMILES string of the molecule is NC(=O)c1nccc2c(OCCC(F)(F)F)[nH]cc12. The molecule has 0 bridgehead atoms. The predicted molar refractivity (Wildman–Crippen MR) is 60.8 cm³/mol. The molecule has 5 nitrogen and oxygen atoms in total. The molecule has 1 amide bonds. The number of ether oxygens (including phenoxy) is 1. The number of alkyl halides is 3. The third-order valence-corrected chi connectivity index (χ3v) is 2.45. The van der Waals surface area contributed by atoms with Gasteiger partial charge in [0.2, 0.25) is 0 Å². The van der Waals surface area contributed by atoms with Crippen molar-refractivity contribution in [3.63, 3.8) is 0 Å². The van der Waals surface area contributed by atoms with E-state index in [1.165, 1.54) is 18.5 Å². The van der Waals surface area contributed by atoms with Gasteiger partial charge in [0.1, 0.15) is 5.69 Å². The maximum absolute atomic E-state index is 12.0. The van der Waals surface area contributed by atoms with Crippen molar-refractivity contribution in [3.8, 4) is 5.88 Å². The molecule has 19 heavy (non-hydrogen) atoms. The summed E-state index contributed by atoms with van der Waals surface area (Å²) < 4.78 is 41.0. The Bertz CT molecular complexity index is 607. The smallest absolute Gasteiger partial charge is 0.392 e. The monoisotopic (exact) mass is 273 g/mol. The van der Waals surface area contributed by atoms with E-state index in [9.17, 15) is 18.0 Å². The summed E-state index contributed by atoms with van der Waals surface area (Å²) in [6.07, 6.45) is -2.57. The second kappa shape index (κ2) is 4.79. The van der Waals surface area contributed by atoms with E-state index in [2.05, 4.69) is 9.97 Å². The molecular weight excluding hydrogens is 263 g/mol.